The van der Waals surface area contributed by atoms with E-state index in [0.29, 0.717) is 16.3 Å². The van der Waals surface area contributed by atoms with E-state index in [9.17, 15) is 14.0 Å². The lowest BCUT2D eigenvalue weighted by molar-refractivity contribution is -0.139. The minimum absolute atomic E-state index is 0.0580. The molecule has 2 aromatic carbocycles. The number of hydrogen-bond donors (Lipinski definition) is 1. The van der Waals surface area contributed by atoms with Crippen molar-refractivity contribution in [3.05, 3.63) is 70.5 Å². The van der Waals surface area contributed by atoms with E-state index in [1.165, 1.54) is 22.7 Å². The highest BCUT2D eigenvalue weighted by molar-refractivity contribution is 7.99. The monoisotopic (exact) mass is 462 g/mol. The van der Waals surface area contributed by atoms with Gasteiger partial charge in [0.1, 0.15) is 11.9 Å². The molecule has 2 amide bonds. The number of halogens is 2. The first kappa shape index (κ1) is 23.6. The number of amides is 2. The van der Waals surface area contributed by atoms with Crippen LogP contribution in [0.1, 0.15) is 43.7 Å². The highest BCUT2D eigenvalue weighted by atomic mass is 35.5. The van der Waals surface area contributed by atoms with Crippen LogP contribution in [0.15, 0.2) is 48.5 Å². The Morgan fingerprint density at radius 1 is 1.19 bits per heavy atom. The highest BCUT2D eigenvalue weighted by Gasteiger charge is 2.28. The zero-order valence-electron chi connectivity index (χ0n) is 17.7. The number of hydrogen-bond acceptors (Lipinski definition) is 3. The summed E-state index contributed by atoms with van der Waals surface area (Å²) in [5.41, 5.74) is 1.43. The van der Waals surface area contributed by atoms with Gasteiger partial charge in [-0.05, 0) is 43.5 Å². The molecule has 0 saturated heterocycles. The van der Waals surface area contributed by atoms with Crippen LogP contribution < -0.4 is 5.32 Å². The lowest BCUT2D eigenvalue weighted by atomic mass is 10.1. The van der Waals surface area contributed by atoms with Crippen LogP contribution in [0.25, 0.3) is 0 Å². The third-order valence-corrected chi connectivity index (χ3v) is 6.77. The van der Waals surface area contributed by atoms with E-state index in [4.69, 9.17) is 11.6 Å². The van der Waals surface area contributed by atoms with Gasteiger partial charge in [0.25, 0.3) is 0 Å². The average Bonchev–Trinajstić information content (AvgIpc) is 3.25. The van der Waals surface area contributed by atoms with Crippen molar-refractivity contribution in [1.82, 2.24) is 10.2 Å². The van der Waals surface area contributed by atoms with Crippen molar-refractivity contribution in [3.63, 3.8) is 0 Å². The lowest BCUT2D eigenvalue weighted by Crippen LogP contribution is -2.50. The Kier molecular flexibility index (Phi) is 8.79. The SMILES string of the molecule is CC(C(=O)NC1CCCC1)N(Cc1ccccc1F)C(=O)CSCc1cccc(Cl)c1. The van der Waals surface area contributed by atoms with Gasteiger partial charge in [-0.15, -0.1) is 11.8 Å². The van der Waals surface area contributed by atoms with Crippen LogP contribution in [0.4, 0.5) is 4.39 Å². The molecule has 31 heavy (non-hydrogen) atoms. The van der Waals surface area contributed by atoms with Crippen LogP contribution in [0.2, 0.25) is 5.02 Å². The Bertz CT molecular complexity index is 905. The van der Waals surface area contributed by atoms with E-state index < -0.39 is 6.04 Å². The normalized spacial score (nSPS) is 14.9. The smallest absolute Gasteiger partial charge is 0.242 e. The maximum Gasteiger partial charge on any atom is 0.242 e. The van der Waals surface area contributed by atoms with Gasteiger partial charge in [0.15, 0.2) is 0 Å². The van der Waals surface area contributed by atoms with Gasteiger partial charge in [-0.2, -0.15) is 0 Å². The number of benzene rings is 2. The Balaban J connectivity index is 1.66. The van der Waals surface area contributed by atoms with Crippen LogP contribution in [-0.2, 0) is 21.9 Å². The van der Waals surface area contributed by atoms with Crippen molar-refractivity contribution < 1.29 is 14.0 Å². The van der Waals surface area contributed by atoms with Crippen molar-refractivity contribution in [2.75, 3.05) is 5.75 Å². The molecular weight excluding hydrogens is 435 g/mol. The number of nitrogens with one attached hydrogen (secondary N) is 1. The summed E-state index contributed by atoms with van der Waals surface area (Å²) in [7, 11) is 0. The van der Waals surface area contributed by atoms with Crippen molar-refractivity contribution >= 4 is 35.2 Å². The number of carbonyl (C=O) groups is 2. The quantitative estimate of drug-likeness (QED) is 0.558. The molecule has 7 heteroatoms. The standard InChI is InChI=1S/C24H28ClFN2O2S/c1-17(24(30)27-21-10-3-4-11-21)28(14-19-8-2-5-12-22(19)26)23(29)16-31-15-18-7-6-9-20(25)13-18/h2,5-9,12-13,17,21H,3-4,10-11,14-16H2,1H3,(H,27,30). The predicted octanol–water partition coefficient (Wildman–Crippen LogP) is 5.19. The first-order valence-electron chi connectivity index (χ1n) is 10.6. The molecule has 0 radical (unpaired) electrons. The molecule has 3 rings (SSSR count). The second-order valence-electron chi connectivity index (χ2n) is 7.90. The van der Waals surface area contributed by atoms with E-state index in [1.54, 1.807) is 25.1 Å². The van der Waals surface area contributed by atoms with E-state index in [-0.39, 0.29) is 36.0 Å². The fourth-order valence-electron chi connectivity index (χ4n) is 3.75. The van der Waals surface area contributed by atoms with E-state index >= 15 is 0 Å². The third-order valence-electron chi connectivity index (χ3n) is 5.55. The molecule has 1 saturated carbocycles. The topological polar surface area (TPSA) is 49.4 Å². The molecule has 0 heterocycles. The molecule has 1 aliphatic carbocycles. The van der Waals surface area contributed by atoms with Crippen molar-refractivity contribution in [1.29, 1.82) is 0 Å². The molecule has 0 spiro atoms. The minimum Gasteiger partial charge on any atom is -0.352 e. The van der Waals surface area contributed by atoms with Gasteiger partial charge < -0.3 is 10.2 Å². The van der Waals surface area contributed by atoms with Crippen molar-refractivity contribution in [2.24, 2.45) is 0 Å². The van der Waals surface area contributed by atoms with Gasteiger partial charge in [-0.1, -0.05) is 54.8 Å². The summed E-state index contributed by atoms with van der Waals surface area (Å²) in [6.45, 7) is 1.77. The fourth-order valence-corrected chi connectivity index (χ4v) is 4.82. The van der Waals surface area contributed by atoms with Crippen molar-refractivity contribution in [2.45, 2.75) is 57.0 Å². The number of carbonyl (C=O) groups excluding carboxylic acids is 2. The van der Waals surface area contributed by atoms with Crippen LogP contribution in [-0.4, -0.2) is 34.6 Å². The molecule has 2 aromatic rings. The summed E-state index contributed by atoms with van der Waals surface area (Å²) in [5.74, 6) is 0.0703. The highest BCUT2D eigenvalue weighted by Crippen LogP contribution is 2.21. The first-order valence-corrected chi connectivity index (χ1v) is 12.1. The second kappa shape index (κ2) is 11.5. The maximum absolute atomic E-state index is 14.3. The van der Waals surface area contributed by atoms with E-state index in [0.717, 1.165) is 31.2 Å². The van der Waals surface area contributed by atoms with Crippen LogP contribution in [0.5, 0.6) is 0 Å². The zero-order chi connectivity index (χ0) is 22.2. The molecule has 1 fully saturated rings. The number of nitrogens with zero attached hydrogens (tertiary/aromatic N) is 1. The minimum atomic E-state index is -0.681. The molecule has 1 aliphatic rings. The van der Waals surface area contributed by atoms with Gasteiger partial charge in [0, 0.05) is 28.9 Å². The zero-order valence-corrected chi connectivity index (χ0v) is 19.2. The summed E-state index contributed by atoms with van der Waals surface area (Å²) < 4.78 is 14.3. The summed E-state index contributed by atoms with van der Waals surface area (Å²) in [4.78, 5) is 27.4. The Morgan fingerprint density at radius 3 is 2.65 bits per heavy atom. The molecule has 0 aromatic heterocycles. The molecule has 1 unspecified atom stereocenters. The molecule has 0 aliphatic heterocycles. The first-order chi connectivity index (χ1) is 14.9. The molecule has 1 atom stereocenters. The maximum atomic E-state index is 14.3. The molecule has 0 bridgehead atoms. The predicted molar refractivity (Wildman–Crippen MR) is 124 cm³/mol. The van der Waals surface area contributed by atoms with E-state index in [2.05, 4.69) is 5.32 Å². The largest absolute Gasteiger partial charge is 0.352 e. The lowest BCUT2D eigenvalue weighted by Gasteiger charge is -2.29. The van der Waals surface area contributed by atoms with Gasteiger partial charge in [-0.3, -0.25) is 9.59 Å². The summed E-state index contributed by atoms with van der Waals surface area (Å²) in [6.07, 6.45) is 4.15. The Hall–Kier alpha value is -2.05. The van der Waals surface area contributed by atoms with E-state index in [1.807, 2.05) is 24.3 Å². The molecule has 166 valence electrons. The third kappa shape index (κ3) is 6.97. The van der Waals surface area contributed by atoms with Crippen LogP contribution in [0, 0.1) is 5.82 Å². The average molecular weight is 463 g/mol. The summed E-state index contributed by atoms with van der Waals surface area (Å²) in [6, 6.07) is 13.4. The van der Waals surface area contributed by atoms with Crippen LogP contribution in [0.3, 0.4) is 0 Å². The fraction of sp³-hybridized carbons (Fsp3) is 0.417. The van der Waals surface area contributed by atoms with Gasteiger partial charge >= 0.3 is 0 Å². The summed E-state index contributed by atoms with van der Waals surface area (Å²) >= 11 is 7.48. The van der Waals surface area contributed by atoms with Gasteiger partial charge in [0.05, 0.1) is 5.75 Å². The van der Waals surface area contributed by atoms with Crippen molar-refractivity contribution in [3.8, 4) is 0 Å². The number of thioether (sulfide) groups is 1. The molecule has 1 N–H and O–H groups in total. The summed E-state index contributed by atoms with van der Waals surface area (Å²) in [5, 5.41) is 3.71. The van der Waals surface area contributed by atoms with Gasteiger partial charge in [0.2, 0.25) is 11.8 Å². The number of rotatable bonds is 9. The van der Waals surface area contributed by atoms with Gasteiger partial charge in [-0.25, -0.2) is 4.39 Å². The molecule has 4 nitrogen and oxygen atoms in total. The van der Waals surface area contributed by atoms with Crippen LogP contribution >= 0.6 is 23.4 Å². The second-order valence-corrected chi connectivity index (χ2v) is 9.32. The molecular formula is C24H28ClFN2O2S. The Labute approximate surface area is 192 Å². The Morgan fingerprint density at radius 2 is 1.94 bits per heavy atom.